The zero-order chi connectivity index (χ0) is 12.2. The van der Waals surface area contributed by atoms with Gasteiger partial charge in [-0.3, -0.25) is 0 Å². The first-order chi connectivity index (χ1) is 7.53. The van der Waals surface area contributed by atoms with Crippen molar-refractivity contribution in [3.63, 3.8) is 0 Å². The van der Waals surface area contributed by atoms with E-state index in [2.05, 4.69) is 6.92 Å². The van der Waals surface area contributed by atoms with Crippen molar-refractivity contribution in [3.8, 4) is 0 Å². The number of aliphatic carboxylic acids is 1. The molecule has 1 rings (SSSR count). The second-order valence-electron chi connectivity index (χ2n) is 4.84. The molecule has 1 aliphatic rings. The van der Waals surface area contributed by atoms with Crippen molar-refractivity contribution in [2.24, 2.45) is 11.7 Å². The van der Waals surface area contributed by atoms with Gasteiger partial charge in [-0.15, -0.1) is 0 Å². The number of ether oxygens (including phenoxy) is 1. The van der Waals surface area contributed by atoms with Crippen molar-refractivity contribution in [2.75, 3.05) is 6.54 Å². The molecule has 0 heterocycles. The van der Waals surface area contributed by atoms with Crippen molar-refractivity contribution in [2.45, 2.75) is 57.7 Å². The summed E-state index contributed by atoms with van der Waals surface area (Å²) >= 11 is 0. The highest BCUT2D eigenvalue weighted by atomic mass is 16.5. The molecule has 0 spiro atoms. The van der Waals surface area contributed by atoms with E-state index in [4.69, 9.17) is 15.6 Å². The summed E-state index contributed by atoms with van der Waals surface area (Å²) in [6, 6.07) is 0. The zero-order valence-corrected chi connectivity index (χ0v) is 10.2. The molecule has 0 bridgehead atoms. The monoisotopic (exact) mass is 229 g/mol. The first-order valence-electron chi connectivity index (χ1n) is 6.13. The molecule has 16 heavy (non-hydrogen) atoms. The van der Waals surface area contributed by atoms with Gasteiger partial charge in [0.2, 0.25) is 0 Å². The zero-order valence-electron chi connectivity index (χ0n) is 10.2. The number of hydrogen-bond acceptors (Lipinski definition) is 3. The highest BCUT2D eigenvalue weighted by Crippen LogP contribution is 2.36. The summed E-state index contributed by atoms with van der Waals surface area (Å²) in [5, 5.41) is 8.85. The van der Waals surface area contributed by atoms with Crippen LogP contribution in [0.2, 0.25) is 0 Å². The van der Waals surface area contributed by atoms with Crippen molar-refractivity contribution in [1.82, 2.24) is 0 Å². The van der Waals surface area contributed by atoms with Gasteiger partial charge in [0.15, 0.2) is 6.10 Å². The summed E-state index contributed by atoms with van der Waals surface area (Å²) in [5.41, 5.74) is 5.36. The van der Waals surface area contributed by atoms with Crippen LogP contribution >= 0.6 is 0 Å². The van der Waals surface area contributed by atoms with Crippen LogP contribution in [0.25, 0.3) is 0 Å². The lowest BCUT2D eigenvalue weighted by molar-refractivity contribution is -0.166. The molecule has 1 fully saturated rings. The molecule has 0 aliphatic heterocycles. The number of hydrogen-bond donors (Lipinski definition) is 2. The predicted molar refractivity (Wildman–Crippen MR) is 62.2 cm³/mol. The molecule has 0 aromatic heterocycles. The average Bonchev–Trinajstić information content (AvgIpc) is 2.29. The molecule has 94 valence electrons. The Hall–Kier alpha value is -0.610. The topological polar surface area (TPSA) is 72.5 Å². The smallest absolute Gasteiger partial charge is 0.332 e. The standard InChI is InChI=1S/C12H23NO3/c1-3-10-4-6-12(8-13,7-5-10)16-9(2)11(14)15/h9-10H,3-8,13H2,1-2H3,(H,14,15). The van der Waals surface area contributed by atoms with E-state index < -0.39 is 17.7 Å². The maximum Gasteiger partial charge on any atom is 0.332 e. The lowest BCUT2D eigenvalue weighted by Gasteiger charge is -2.40. The van der Waals surface area contributed by atoms with Gasteiger partial charge in [-0.25, -0.2) is 4.79 Å². The Morgan fingerprint density at radius 2 is 2.12 bits per heavy atom. The number of nitrogens with two attached hydrogens (primary N) is 1. The third-order valence-electron chi connectivity index (χ3n) is 3.74. The van der Waals surface area contributed by atoms with E-state index in [0.717, 1.165) is 31.6 Å². The molecule has 0 radical (unpaired) electrons. The summed E-state index contributed by atoms with van der Waals surface area (Å²) in [7, 11) is 0. The van der Waals surface area contributed by atoms with E-state index in [0.29, 0.717) is 6.54 Å². The van der Waals surface area contributed by atoms with E-state index in [-0.39, 0.29) is 0 Å². The molecule has 0 aromatic rings. The van der Waals surface area contributed by atoms with Crippen LogP contribution in [0.5, 0.6) is 0 Å². The summed E-state index contributed by atoms with van der Waals surface area (Å²) in [4.78, 5) is 10.8. The normalized spacial score (nSPS) is 32.3. The first kappa shape index (κ1) is 13.5. The summed E-state index contributed by atoms with van der Waals surface area (Å²) < 4.78 is 5.66. The second kappa shape index (κ2) is 5.64. The Morgan fingerprint density at radius 3 is 2.50 bits per heavy atom. The Morgan fingerprint density at radius 1 is 1.56 bits per heavy atom. The highest BCUT2D eigenvalue weighted by molar-refractivity contribution is 5.71. The first-order valence-corrected chi connectivity index (χ1v) is 6.13. The fourth-order valence-electron chi connectivity index (χ4n) is 2.41. The van der Waals surface area contributed by atoms with Crippen LogP contribution in [0.3, 0.4) is 0 Å². The van der Waals surface area contributed by atoms with Crippen LogP contribution in [0.1, 0.15) is 46.0 Å². The molecule has 4 nitrogen and oxygen atoms in total. The number of carboxylic acid groups (broad SMARTS) is 1. The van der Waals surface area contributed by atoms with Gasteiger partial charge in [0.25, 0.3) is 0 Å². The van der Waals surface area contributed by atoms with Gasteiger partial charge in [-0.2, -0.15) is 0 Å². The van der Waals surface area contributed by atoms with Crippen LogP contribution < -0.4 is 5.73 Å². The Labute approximate surface area is 97.2 Å². The van der Waals surface area contributed by atoms with Crippen molar-refractivity contribution >= 4 is 5.97 Å². The van der Waals surface area contributed by atoms with Gasteiger partial charge in [0.1, 0.15) is 0 Å². The van der Waals surface area contributed by atoms with E-state index in [1.165, 1.54) is 6.42 Å². The minimum absolute atomic E-state index is 0.399. The van der Waals surface area contributed by atoms with Crippen LogP contribution in [0.4, 0.5) is 0 Å². The SMILES string of the molecule is CCC1CCC(CN)(OC(C)C(=O)O)CC1. The van der Waals surface area contributed by atoms with Crippen molar-refractivity contribution < 1.29 is 14.6 Å². The average molecular weight is 229 g/mol. The summed E-state index contributed by atoms with van der Waals surface area (Å²) in [6.45, 7) is 4.19. The Balaban J connectivity index is 2.55. The molecular formula is C12H23NO3. The molecule has 0 saturated heterocycles. The molecule has 1 atom stereocenters. The Bertz CT molecular complexity index is 234. The fourth-order valence-corrected chi connectivity index (χ4v) is 2.41. The van der Waals surface area contributed by atoms with Gasteiger partial charge in [0, 0.05) is 6.54 Å². The molecule has 0 aromatic carbocycles. The van der Waals surface area contributed by atoms with Gasteiger partial charge >= 0.3 is 5.97 Å². The highest BCUT2D eigenvalue weighted by Gasteiger charge is 2.37. The molecule has 0 amide bonds. The lowest BCUT2D eigenvalue weighted by Crippen LogP contribution is -2.47. The quantitative estimate of drug-likeness (QED) is 0.753. The number of rotatable bonds is 5. The summed E-state index contributed by atoms with van der Waals surface area (Å²) in [5.74, 6) is -0.158. The van der Waals surface area contributed by atoms with E-state index in [9.17, 15) is 4.79 Å². The molecular weight excluding hydrogens is 206 g/mol. The van der Waals surface area contributed by atoms with E-state index in [1.807, 2.05) is 0 Å². The largest absolute Gasteiger partial charge is 0.479 e. The van der Waals surface area contributed by atoms with Crippen LogP contribution in [-0.4, -0.2) is 29.3 Å². The van der Waals surface area contributed by atoms with Crippen LogP contribution in [0, 0.1) is 5.92 Å². The summed E-state index contributed by atoms with van der Waals surface area (Å²) in [6.07, 6.45) is 4.40. The third-order valence-corrected chi connectivity index (χ3v) is 3.74. The van der Waals surface area contributed by atoms with Gasteiger partial charge in [-0.05, 0) is 38.5 Å². The third kappa shape index (κ3) is 3.19. The van der Waals surface area contributed by atoms with Crippen molar-refractivity contribution in [3.05, 3.63) is 0 Å². The van der Waals surface area contributed by atoms with Gasteiger partial charge in [-0.1, -0.05) is 13.3 Å². The number of carboxylic acids is 1. The predicted octanol–water partition coefficient (Wildman–Crippen LogP) is 1.77. The number of carbonyl (C=O) groups is 1. The van der Waals surface area contributed by atoms with Crippen LogP contribution in [0.15, 0.2) is 0 Å². The van der Waals surface area contributed by atoms with Gasteiger partial charge in [0.05, 0.1) is 5.60 Å². The Kier molecular flexibility index (Phi) is 4.74. The molecule has 4 heteroatoms. The van der Waals surface area contributed by atoms with E-state index >= 15 is 0 Å². The lowest BCUT2D eigenvalue weighted by atomic mass is 9.77. The van der Waals surface area contributed by atoms with Crippen LogP contribution in [-0.2, 0) is 9.53 Å². The molecule has 3 N–H and O–H groups in total. The minimum Gasteiger partial charge on any atom is -0.479 e. The minimum atomic E-state index is -0.912. The second-order valence-corrected chi connectivity index (χ2v) is 4.84. The van der Waals surface area contributed by atoms with Crippen molar-refractivity contribution in [1.29, 1.82) is 0 Å². The van der Waals surface area contributed by atoms with E-state index in [1.54, 1.807) is 6.92 Å². The molecule has 1 unspecified atom stereocenters. The van der Waals surface area contributed by atoms with Gasteiger partial charge < -0.3 is 15.6 Å². The fraction of sp³-hybridized carbons (Fsp3) is 0.917. The maximum absolute atomic E-state index is 10.8. The molecule has 1 saturated carbocycles. The maximum atomic E-state index is 10.8. The molecule has 1 aliphatic carbocycles.